The summed E-state index contributed by atoms with van der Waals surface area (Å²) in [4.78, 5) is 0. The molecule has 0 aromatic heterocycles. The van der Waals surface area contributed by atoms with E-state index in [-0.39, 0.29) is 0 Å². The molecular formula is C8H19N4O2P. The molecule has 0 amide bonds. The molecule has 15 heavy (non-hydrogen) atoms. The van der Waals surface area contributed by atoms with Crippen molar-refractivity contribution in [2.75, 3.05) is 52.4 Å². The first-order valence-corrected chi connectivity index (χ1v) is 6.45. The Morgan fingerprint density at radius 2 is 1.13 bits per heavy atom. The van der Waals surface area contributed by atoms with Gasteiger partial charge in [0, 0.05) is 52.4 Å². The SMILES string of the molecule is O=P(=O)N1CCNCCNCCNCC1. The van der Waals surface area contributed by atoms with Gasteiger partial charge in [0.2, 0.25) is 0 Å². The predicted molar refractivity (Wildman–Crippen MR) is 58.5 cm³/mol. The molecule has 1 heterocycles. The maximum absolute atomic E-state index is 10.9. The van der Waals surface area contributed by atoms with Crippen LogP contribution >= 0.6 is 7.83 Å². The third-order valence-corrected chi connectivity index (χ3v) is 3.14. The van der Waals surface area contributed by atoms with Crippen LogP contribution in [0.25, 0.3) is 0 Å². The molecule has 88 valence electrons. The predicted octanol–water partition coefficient (Wildman–Crippen LogP) is -0.841. The molecule has 0 aromatic rings. The van der Waals surface area contributed by atoms with Crippen LogP contribution in [0.4, 0.5) is 0 Å². The van der Waals surface area contributed by atoms with Crippen molar-refractivity contribution < 1.29 is 9.13 Å². The lowest BCUT2D eigenvalue weighted by molar-refractivity contribution is 0.377. The molecule has 0 aromatic carbocycles. The van der Waals surface area contributed by atoms with Gasteiger partial charge in [0.25, 0.3) is 0 Å². The van der Waals surface area contributed by atoms with Gasteiger partial charge in [0.05, 0.1) is 0 Å². The average Bonchev–Trinajstić information content (AvgIpc) is 2.18. The quantitative estimate of drug-likeness (QED) is 0.514. The summed E-state index contributed by atoms with van der Waals surface area (Å²) in [6.45, 7) is 6.14. The van der Waals surface area contributed by atoms with Gasteiger partial charge in [0.15, 0.2) is 0 Å². The van der Waals surface area contributed by atoms with Gasteiger partial charge >= 0.3 is 7.83 Å². The van der Waals surface area contributed by atoms with Crippen molar-refractivity contribution in [2.45, 2.75) is 0 Å². The first-order valence-electron chi connectivity index (χ1n) is 5.32. The highest BCUT2D eigenvalue weighted by atomic mass is 31.1. The molecule has 7 heteroatoms. The minimum Gasteiger partial charge on any atom is -0.314 e. The Morgan fingerprint density at radius 1 is 0.733 bits per heavy atom. The molecule has 1 fully saturated rings. The van der Waals surface area contributed by atoms with Crippen LogP contribution in [0.1, 0.15) is 0 Å². The highest BCUT2D eigenvalue weighted by molar-refractivity contribution is 7.27. The molecule has 6 nitrogen and oxygen atoms in total. The summed E-state index contributed by atoms with van der Waals surface area (Å²) < 4.78 is 23.2. The fraction of sp³-hybridized carbons (Fsp3) is 1.00. The number of rotatable bonds is 1. The highest BCUT2D eigenvalue weighted by Crippen LogP contribution is 2.10. The Labute approximate surface area is 90.7 Å². The van der Waals surface area contributed by atoms with Crippen molar-refractivity contribution in [3.8, 4) is 0 Å². The zero-order chi connectivity index (χ0) is 10.9. The third-order valence-electron chi connectivity index (χ3n) is 2.28. The lowest BCUT2D eigenvalue weighted by Gasteiger charge is -2.16. The zero-order valence-corrected chi connectivity index (χ0v) is 9.76. The highest BCUT2D eigenvalue weighted by Gasteiger charge is 2.09. The molecule has 0 bridgehead atoms. The van der Waals surface area contributed by atoms with Crippen molar-refractivity contribution >= 4 is 7.83 Å². The second-order valence-corrected chi connectivity index (χ2v) is 4.48. The maximum Gasteiger partial charge on any atom is 0.398 e. The normalized spacial score (nSPS) is 22.7. The third kappa shape index (κ3) is 6.02. The van der Waals surface area contributed by atoms with Gasteiger partial charge in [-0.3, -0.25) is 0 Å². The summed E-state index contributed by atoms with van der Waals surface area (Å²) in [7, 11) is -2.45. The van der Waals surface area contributed by atoms with E-state index in [0.29, 0.717) is 26.2 Å². The van der Waals surface area contributed by atoms with Crippen LogP contribution in [-0.4, -0.2) is 57.0 Å². The van der Waals surface area contributed by atoms with Crippen LogP contribution in [-0.2, 0) is 9.13 Å². The smallest absolute Gasteiger partial charge is 0.314 e. The van der Waals surface area contributed by atoms with Gasteiger partial charge in [0.1, 0.15) is 0 Å². The van der Waals surface area contributed by atoms with E-state index in [9.17, 15) is 9.13 Å². The minimum atomic E-state index is -2.45. The summed E-state index contributed by atoms with van der Waals surface area (Å²) in [5, 5.41) is 9.67. The Kier molecular flexibility index (Phi) is 6.80. The maximum atomic E-state index is 10.9. The van der Waals surface area contributed by atoms with Crippen molar-refractivity contribution in [2.24, 2.45) is 0 Å². The van der Waals surface area contributed by atoms with E-state index in [1.807, 2.05) is 0 Å². The van der Waals surface area contributed by atoms with Crippen LogP contribution < -0.4 is 16.0 Å². The molecule has 0 atom stereocenters. The fourth-order valence-electron chi connectivity index (χ4n) is 1.42. The zero-order valence-electron chi connectivity index (χ0n) is 8.87. The van der Waals surface area contributed by atoms with Crippen molar-refractivity contribution in [1.82, 2.24) is 20.6 Å². The summed E-state index contributed by atoms with van der Waals surface area (Å²) in [6.07, 6.45) is 0. The minimum absolute atomic E-state index is 0.556. The molecule has 1 aliphatic heterocycles. The lowest BCUT2D eigenvalue weighted by atomic mass is 10.4. The first-order chi connectivity index (χ1) is 7.30. The second kappa shape index (κ2) is 7.96. The molecule has 0 spiro atoms. The van der Waals surface area contributed by atoms with Crippen LogP contribution in [0.5, 0.6) is 0 Å². The summed E-state index contributed by atoms with van der Waals surface area (Å²) in [5.41, 5.74) is 0. The molecule has 0 radical (unpaired) electrons. The van der Waals surface area contributed by atoms with Gasteiger partial charge in [-0.05, 0) is 0 Å². The van der Waals surface area contributed by atoms with E-state index in [4.69, 9.17) is 0 Å². The molecule has 0 saturated carbocycles. The standard InChI is InChI=1S/C8H19N4O2P/c13-15(14)12-7-5-10-3-1-9-2-4-11-6-8-12/h9-11H,1-8H2. The molecule has 0 aliphatic carbocycles. The van der Waals surface area contributed by atoms with Gasteiger partial charge in [-0.1, -0.05) is 0 Å². The number of nitrogens with zero attached hydrogens (tertiary/aromatic N) is 1. The Morgan fingerprint density at radius 3 is 1.53 bits per heavy atom. The summed E-state index contributed by atoms with van der Waals surface area (Å²) >= 11 is 0. The topological polar surface area (TPSA) is 73.5 Å². The van der Waals surface area contributed by atoms with Gasteiger partial charge < -0.3 is 16.0 Å². The van der Waals surface area contributed by atoms with E-state index < -0.39 is 7.83 Å². The van der Waals surface area contributed by atoms with E-state index in [2.05, 4.69) is 16.0 Å². The van der Waals surface area contributed by atoms with Gasteiger partial charge in [-0.2, -0.15) is 4.67 Å². The molecular weight excluding hydrogens is 215 g/mol. The lowest BCUT2D eigenvalue weighted by Crippen LogP contribution is -2.39. The first kappa shape index (κ1) is 12.8. The molecule has 3 N–H and O–H groups in total. The molecule has 1 saturated heterocycles. The molecule has 1 rings (SSSR count). The van der Waals surface area contributed by atoms with E-state index >= 15 is 0 Å². The van der Waals surface area contributed by atoms with Crippen molar-refractivity contribution in [3.05, 3.63) is 0 Å². The monoisotopic (exact) mass is 234 g/mol. The number of hydrogen-bond donors (Lipinski definition) is 3. The Hall–Kier alpha value is -0.260. The Balaban J connectivity index is 2.32. The number of nitrogens with one attached hydrogen (secondary N) is 3. The van der Waals surface area contributed by atoms with Crippen LogP contribution in [0, 0.1) is 0 Å². The molecule has 0 unspecified atom stereocenters. The van der Waals surface area contributed by atoms with Gasteiger partial charge in [-0.25, -0.2) is 9.13 Å². The largest absolute Gasteiger partial charge is 0.398 e. The average molecular weight is 234 g/mol. The fourth-order valence-corrected chi connectivity index (χ4v) is 1.95. The number of hydrogen-bond acceptors (Lipinski definition) is 5. The Bertz CT molecular complexity index is 215. The van der Waals surface area contributed by atoms with E-state index in [1.165, 1.54) is 4.67 Å². The van der Waals surface area contributed by atoms with Crippen molar-refractivity contribution in [1.29, 1.82) is 0 Å². The second-order valence-electron chi connectivity index (χ2n) is 3.44. The van der Waals surface area contributed by atoms with Gasteiger partial charge in [-0.15, -0.1) is 0 Å². The van der Waals surface area contributed by atoms with Crippen molar-refractivity contribution in [3.63, 3.8) is 0 Å². The van der Waals surface area contributed by atoms with Crippen LogP contribution in [0.3, 0.4) is 0 Å². The van der Waals surface area contributed by atoms with E-state index in [1.54, 1.807) is 0 Å². The van der Waals surface area contributed by atoms with Crippen LogP contribution in [0.15, 0.2) is 0 Å². The molecule has 1 aliphatic rings. The van der Waals surface area contributed by atoms with E-state index in [0.717, 1.165) is 26.2 Å². The van der Waals surface area contributed by atoms with Crippen LogP contribution in [0.2, 0.25) is 0 Å². The summed E-state index contributed by atoms with van der Waals surface area (Å²) in [5.74, 6) is 0. The summed E-state index contributed by atoms with van der Waals surface area (Å²) in [6, 6.07) is 0.